The van der Waals surface area contributed by atoms with E-state index in [0.29, 0.717) is 12.0 Å². The molecular weight excluding hydrogens is 384 g/mol. The minimum atomic E-state index is -1.15. The Bertz CT molecular complexity index is 1060. The molecule has 1 heterocycles. The van der Waals surface area contributed by atoms with E-state index in [2.05, 4.69) is 4.99 Å². The van der Waals surface area contributed by atoms with Gasteiger partial charge in [0.2, 0.25) is 5.91 Å². The van der Waals surface area contributed by atoms with Crippen LogP contribution in [0.2, 0.25) is 0 Å². The van der Waals surface area contributed by atoms with Crippen LogP contribution in [0.5, 0.6) is 0 Å². The zero-order valence-electron chi connectivity index (χ0n) is 17.8. The molecule has 4 rings (SSSR count). The molecule has 2 aromatic carbocycles. The number of fused-ring (bicyclic) bond motifs is 1. The van der Waals surface area contributed by atoms with Crippen LogP contribution in [-0.2, 0) is 23.2 Å². The summed E-state index contributed by atoms with van der Waals surface area (Å²) in [6, 6.07) is 10.1. The van der Waals surface area contributed by atoms with E-state index in [-0.39, 0.29) is 23.6 Å². The first-order chi connectivity index (χ1) is 14.1. The van der Waals surface area contributed by atoms with Crippen LogP contribution in [0.1, 0.15) is 55.4 Å². The van der Waals surface area contributed by atoms with Gasteiger partial charge in [0.25, 0.3) is 0 Å². The molecule has 4 nitrogen and oxygen atoms in total. The summed E-state index contributed by atoms with van der Waals surface area (Å²) in [5, 5.41) is 0. The fraction of sp³-hybridized carbons (Fsp3) is 0.417. The van der Waals surface area contributed by atoms with E-state index in [1.165, 1.54) is 17.0 Å². The minimum Gasteiger partial charge on any atom is -0.369 e. The van der Waals surface area contributed by atoms with Crippen molar-refractivity contribution in [2.75, 3.05) is 7.05 Å². The van der Waals surface area contributed by atoms with E-state index in [0.717, 1.165) is 29.5 Å². The predicted octanol–water partition coefficient (Wildman–Crippen LogP) is 4.27. The Kier molecular flexibility index (Phi) is 4.71. The summed E-state index contributed by atoms with van der Waals surface area (Å²) in [5.74, 6) is -0.703. The quantitative estimate of drug-likeness (QED) is 0.820. The Balaban J connectivity index is 1.75. The van der Waals surface area contributed by atoms with Crippen molar-refractivity contribution in [1.82, 2.24) is 4.90 Å². The third-order valence-corrected chi connectivity index (χ3v) is 7.09. The second-order valence-corrected chi connectivity index (χ2v) is 9.10. The van der Waals surface area contributed by atoms with Crippen LogP contribution in [0.3, 0.4) is 0 Å². The van der Waals surface area contributed by atoms with Crippen LogP contribution < -0.4 is 5.73 Å². The molecule has 2 aliphatic rings. The van der Waals surface area contributed by atoms with E-state index < -0.39 is 16.8 Å². The number of nitrogens with zero attached hydrogens (tertiary/aromatic N) is 2. The lowest BCUT2D eigenvalue weighted by atomic mass is 9.67. The Morgan fingerprint density at radius 2 is 1.90 bits per heavy atom. The molecule has 2 atom stereocenters. The second kappa shape index (κ2) is 6.89. The lowest BCUT2D eigenvalue weighted by Gasteiger charge is -2.46. The lowest BCUT2D eigenvalue weighted by molar-refractivity contribution is -0.140. The van der Waals surface area contributed by atoms with Crippen molar-refractivity contribution >= 4 is 11.9 Å². The van der Waals surface area contributed by atoms with Crippen LogP contribution >= 0.6 is 0 Å². The maximum absolute atomic E-state index is 15.0. The van der Waals surface area contributed by atoms with Gasteiger partial charge in [-0.2, -0.15) is 0 Å². The van der Waals surface area contributed by atoms with Gasteiger partial charge in [0.05, 0.1) is 5.41 Å². The number of amides is 1. The number of aliphatic imine (C=N–C) groups is 1. The highest BCUT2D eigenvalue weighted by molar-refractivity contribution is 6.01. The number of benzene rings is 2. The highest BCUT2D eigenvalue weighted by atomic mass is 19.1. The van der Waals surface area contributed by atoms with Crippen LogP contribution in [0, 0.1) is 17.0 Å². The maximum atomic E-state index is 15.0. The molecule has 0 bridgehead atoms. The lowest BCUT2D eigenvalue weighted by Crippen LogP contribution is -2.58. The number of aryl methyl sites for hydroxylation is 1. The third kappa shape index (κ3) is 2.92. The van der Waals surface area contributed by atoms with Crippen LogP contribution in [0.25, 0.3) is 0 Å². The molecule has 1 amide bonds. The monoisotopic (exact) mass is 411 g/mol. The Morgan fingerprint density at radius 3 is 2.63 bits per heavy atom. The van der Waals surface area contributed by atoms with Crippen molar-refractivity contribution in [1.29, 1.82) is 0 Å². The van der Waals surface area contributed by atoms with E-state index in [1.807, 2.05) is 6.07 Å². The highest BCUT2D eigenvalue weighted by Crippen LogP contribution is 2.47. The zero-order valence-corrected chi connectivity index (χ0v) is 17.8. The minimum absolute atomic E-state index is 0.0491. The number of hydrogen-bond donors (Lipinski definition) is 1. The van der Waals surface area contributed by atoms with Gasteiger partial charge in [-0.1, -0.05) is 24.3 Å². The van der Waals surface area contributed by atoms with Gasteiger partial charge in [-0.3, -0.25) is 9.69 Å². The van der Waals surface area contributed by atoms with Gasteiger partial charge < -0.3 is 5.73 Å². The number of halogens is 2. The molecule has 2 aromatic rings. The molecule has 1 aliphatic heterocycles. The Morgan fingerprint density at radius 1 is 1.17 bits per heavy atom. The maximum Gasteiger partial charge on any atom is 0.237 e. The first kappa shape index (κ1) is 20.5. The summed E-state index contributed by atoms with van der Waals surface area (Å²) < 4.78 is 29.4. The highest BCUT2D eigenvalue weighted by Gasteiger charge is 2.53. The van der Waals surface area contributed by atoms with Gasteiger partial charge in [0, 0.05) is 12.6 Å². The van der Waals surface area contributed by atoms with E-state index >= 15 is 4.39 Å². The number of nitrogens with two attached hydrogens (primary N) is 1. The van der Waals surface area contributed by atoms with Gasteiger partial charge in [0.15, 0.2) is 5.96 Å². The molecule has 0 spiro atoms. The number of rotatable bonds is 3. The zero-order chi connectivity index (χ0) is 21.8. The summed E-state index contributed by atoms with van der Waals surface area (Å²) >= 11 is 0. The molecule has 0 saturated carbocycles. The number of hydrogen-bond acceptors (Lipinski definition) is 3. The standard InChI is InChI=1S/C24H27F2N3O/c1-23(2)21(30)29(4)22(27)28-24(23,3)17-13-14(8-11-18(17)25)12-16-10-9-15-6-5-7-19(26)20(15)16/h5-8,11,13,16H,9-10,12H2,1-4H3,(H2,27,28)/t16?,24-/m1/s1. The van der Waals surface area contributed by atoms with E-state index in [4.69, 9.17) is 5.73 Å². The fourth-order valence-corrected chi connectivity index (χ4v) is 4.86. The fourth-order valence-electron chi connectivity index (χ4n) is 4.86. The van der Waals surface area contributed by atoms with Crippen molar-refractivity contribution < 1.29 is 13.6 Å². The van der Waals surface area contributed by atoms with Crippen LogP contribution in [0.15, 0.2) is 41.4 Å². The molecule has 0 radical (unpaired) electrons. The van der Waals surface area contributed by atoms with Gasteiger partial charge in [-0.25, -0.2) is 13.8 Å². The van der Waals surface area contributed by atoms with Gasteiger partial charge in [-0.05, 0) is 74.8 Å². The van der Waals surface area contributed by atoms with Gasteiger partial charge in [0.1, 0.15) is 17.2 Å². The molecule has 1 unspecified atom stereocenters. The summed E-state index contributed by atoms with van der Waals surface area (Å²) in [6.07, 6.45) is 2.31. The molecule has 158 valence electrons. The number of carbonyl (C=O) groups excluding carboxylic acids is 1. The van der Waals surface area contributed by atoms with Crippen molar-refractivity contribution in [2.24, 2.45) is 16.1 Å². The number of guanidine groups is 1. The largest absolute Gasteiger partial charge is 0.369 e. The van der Waals surface area contributed by atoms with Crippen molar-refractivity contribution in [3.8, 4) is 0 Å². The molecule has 1 aliphatic carbocycles. The van der Waals surface area contributed by atoms with Crippen molar-refractivity contribution in [3.05, 3.63) is 70.3 Å². The Hall–Kier alpha value is -2.76. The van der Waals surface area contributed by atoms with Gasteiger partial charge in [-0.15, -0.1) is 0 Å². The third-order valence-electron chi connectivity index (χ3n) is 7.09. The number of carbonyl (C=O) groups is 1. The second-order valence-electron chi connectivity index (χ2n) is 9.10. The molecule has 6 heteroatoms. The van der Waals surface area contributed by atoms with E-state index in [9.17, 15) is 9.18 Å². The predicted molar refractivity (Wildman–Crippen MR) is 113 cm³/mol. The molecular formula is C24H27F2N3O. The van der Waals surface area contributed by atoms with Crippen LogP contribution in [-0.4, -0.2) is 23.8 Å². The summed E-state index contributed by atoms with van der Waals surface area (Å²) in [5.41, 5.74) is 6.89. The molecule has 2 N–H and O–H groups in total. The molecule has 30 heavy (non-hydrogen) atoms. The van der Waals surface area contributed by atoms with E-state index in [1.54, 1.807) is 46.0 Å². The summed E-state index contributed by atoms with van der Waals surface area (Å²) in [6.45, 7) is 5.27. The average Bonchev–Trinajstić information content (AvgIpc) is 3.11. The Labute approximate surface area is 175 Å². The average molecular weight is 411 g/mol. The van der Waals surface area contributed by atoms with Crippen molar-refractivity contribution in [3.63, 3.8) is 0 Å². The smallest absolute Gasteiger partial charge is 0.237 e. The molecule has 0 fully saturated rings. The summed E-state index contributed by atoms with van der Waals surface area (Å²) in [4.78, 5) is 18.8. The van der Waals surface area contributed by atoms with Crippen molar-refractivity contribution in [2.45, 2.75) is 51.5 Å². The first-order valence-electron chi connectivity index (χ1n) is 10.3. The molecule has 0 aromatic heterocycles. The normalized spacial score (nSPS) is 25.3. The first-order valence-corrected chi connectivity index (χ1v) is 10.3. The SMILES string of the molecule is CN1C(=O)C(C)(C)[C@@](C)(c2cc(CC3CCc4cccc(F)c43)ccc2F)N=C1N. The van der Waals surface area contributed by atoms with Gasteiger partial charge >= 0.3 is 0 Å². The summed E-state index contributed by atoms with van der Waals surface area (Å²) in [7, 11) is 1.57. The van der Waals surface area contributed by atoms with Crippen LogP contribution in [0.4, 0.5) is 8.78 Å². The molecule has 0 saturated heterocycles. The topological polar surface area (TPSA) is 58.7 Å².